The standard InChI is InChI=1S/C14H16FN3O2/c15-11-7-9(5-6-12(11)19)14-17-13(20-18-14)8-16-10-3-1-2-4-10/h5-7,10,16,19H,1-4,8H2. The Labute approximate surface area is 115 Å². The van der Waals surface area contributed by atoms with Crippen LogP contribution >= 0.6 is 0 Å². The molecule has 1 aromatic heterocycles. The van der Waals surface area contributed by atoms with Crippen LogP contribution in [0.2, 0.25) is 0 Å². The summed E-state index contributed by atoms with van der Waals surface area (Å²) in [6, 6.07) is 4.54. The second kappa shape index (κ2) is 5.58. The van der Waals surface area contributed by atoms with Crippen molar-refractivity contribution >= 4 is 0 Å². The van der Waals surface area contributed by atoms with Gasteiger partial charge >= 0.3 is 0 Å². The maximum atomic E-state index is 13.3. The van der Waals surface area contributed by atoms with E-state index in [1.54, 1.807) is 6.07 Å². The molecule has 0 unspecified atom stereocenters. The first kappa shape index (κ1) is 13.1. The fraction of sp³-hybridized carbons (Fsp3) is 0.429. The third-order valence-electron chi connectivity index (χ3n) is 3.57. The van der Waals surface area contributed by atoms with E-state index < -0.39 is 5.82 Å². The van der Waals surface area contributed by atoms with Crippen LogP contribution in [0.25, 0.3) is 11.4 Å². The molecular formula is C14H16FN3O2. The van der Waals surface area contributed by atoms with Crippen LogP contribution in [0.3, 0.4) is 0 Å². The molecule has 3 rings (SSSR count). The molecule has 2 N–H and O–H groups in total. The molecule has 1 aromatic carbocycles. The molecule has 5 nitrogen and oxygen atoms in total. The Morgan fingerprint density at radius 3 is 2.90 bits per heavy atom. The van der Waals surface area contributed by atoms with Gasteiger partial charge in [-0.25, -0.2) is 4.39 Å². The third-order valence-corrected chi connectivity index (χ3v) is 3.57. The number of phenolic OH excluding ortho intramolecular Hbond substituents is 1. The number of aromatic nitrogens is 2. The molecule has 0 aliphatic heterocycles. The molecule has 1 heterocycles. The molecule has 0 radical (unpaired) electrons. The topological polar surface area (TPSA) is 71.2 Å². The highest BCUT2D eigenvalue weighted by molar-refractivity contribution is 5.55. The summed E-state index contributed by atoms with van der Waals surface area (Å²) in [6.45, 7) is 0.526. The van der Waals surface area contributed by atoms with Crippen molar-refractivity contribution in [2.75, 3.05) is 0 Å². The lowest BCUT2D eigenvalue weighted by atomic mass is 10.2. The Morgan fingerprint density at radius 2 is 2.15 bits per heavy atom. The normalized spacial score (nSPS) is 15.8. The van der Waals surface area contributed by atoms with Gasteiger partial charge in [0.1, 0.15) is 0 Å². The highest BCUT2D eigenvalue weighted by Crippen LogP contribution is 2.23. The van der Waals surface area contributed by atoms with Crippen molar-refractivity contribution in [1.82, 2.24) is 15.5 Å². The third kappa shape index (κ3) is 2.80. The number of rotatable bonds is 4. The Hall–Kier alpha value is -1.95. The van der Waals surface area contributed by atoms with Crippen molar-refractivity contribution in [2.24, 2.45) is 0 Å². The molecule has 1 aliphatic carbocycles. The van der Waals surface area contributed by atoms with E-state index in [0.29, 0.717) is 29.9 Å². The second-order valence-electron chi connectivity index (χ2n) is 5.04. The van der Waals surface area contributed by atoms with Crippen LogP contribution in [0.1, 0.15) is 31.6 Å². The largest absolute Gasteiger partial charge is 0.505 e. The van der Waals surface area contributed by atoms with E-state index in [2.05, 4.69) is 15.5 Å². The molecule has 0 saturated heterocycles. The predicted octanol–water partition coefficient (Wildman–Crippen LogP) is 2.61. The summed E-state index contributed by atoms with van der Waals surface area (Å²) in [5.41, 5.74) is 0.483. The predicted molar refractivity (Wildman–Crippen MR) is 70.5 cm³/mol. The minimum absolute atomic E-state index is 0.326. The van der Waals surface area contributed by atoms with Crippen LogP contribution in [0.15, 0.2) is 22.7 Å². The van der Waals surface area contributed by atoms with Crippen LogP contribution in [-0.4, -0.2) is 21.3 Å². The van der Waals surface area contributed by atoms with Crippen molar-refractivity contribution in [1.29, 1.82) is 0 Å². The second-order valence-corrected chi connectivity index (χ2v) is 5.04. The van der Waals surface area contributed by atoms with Gasteiger partial charge in [-0.05, 0) is 31.0 Å². The number of benzene rings is 1. The molecule has 1 saturated carbocycles. The summed E-state index contributed by atoms with van der Waals surface area (Å²) in [7, 11) is 0. The quantitative estimate of drug-likeness (QED) is 0.899. The number of nitrogens with one attached hydrogen (secondary N) is 1. The Morgan fingerprint density at radius 1 is 1.35 bits per heavy atom. The molecule has 0 spiro atoms. The van der Waals surface area contributed by atoms with Gasteiger partial charge in [-0.15, -0.1) is 0 Å². The van der Waals surface area contributed by atoms with Gasteiger partial charge < -0.3 is 14.9 Å². The minimum atomic E-state index is -0.696. The number of hydrogen-bond acceptors (Lipinski definition) is 5. The number of nitrogens with zero attached hydrogens (tertiary/aromatic N) is 2. The Kier molecular flexibility index (Phi) is 3.64. The summed E-state index contributed by atoms with van der Waals surface area (Å²) < 4.78 is 18.4. The average Bonchev–Trinajstić information content (AvgIpc) is 3.10. The van der Waals surface area contributed by atoms with Gasteiger partial charge in [-0.3, -0.25) is 0 Å². The first-order valence-corrected chi connectivity index (χ1v) is 6.77. The number of hydrogen-bond donors (Lipinski definition) is 2. The number of halogens is 1. The van der Waals surface area contributed by atoms with Gasteiger partial charge in [0.2, 0.25) is 11.7 Å². The summed E-state index contributed by atoms with van der Waals surface area (Å²) >= 11 is 0. The minimum Gasteiger partial charge on any atom is -0.505 e. The van der Waals surface area contributed by atoms with E-state index in [1.165, 1.54) is 37.8 Å². The van der Waals surface area contributed by atoms with Crippen molar-refractivity contribution in [2.45, 2.75) is 38.3 Å². The first-order valence-electron chi connectivity index (χ1n) is 6.77. The van der Waals surface area contributed by atoms with E-state index in [4.69, 9.17) is 9.63 Å². The van der Waals surface area contributed by atoms with Crippen molar-refractivity contribution in [3.05, 3.63) is 29.9 Å². The van der Waals surface area contributed by atoms with E-state index in [0.717, 1.165) is 0 Å². The van der Waals surface area contributed by atoms with Crippen molar-refractivity contribution < 1.29 is 14.0 Å². The van der Waals surface area contributed by atoms with Crippen molar-refractivity contribution in [3.63, 3.8) is 0 Å². The number of phenols is 1. The van der Waals surface area contributed by atoms with Crippen LogP contribution in [0, 0.1) is 5.82 Å². The first-order chi connectivity index (χ1) is 9.72. The molecule has 0 bridgehead atoms. The zero-order chi connectivity index (χ0) is 13.9. The molecule has 1 aliphatic rings. The van der Waals surface area contributed by atoms with Crippen LogP contribution in [-0.2, 0) is 6.54 Å². The van der Waals surface area contributed by atoms with Crippen LogP contribution < -0.4 is 5.32 Å². The molecule has 106 valence electrons. The van der Waals surface area contributed by atoms with Gasteiger partial charge in [-0.2, -0.15) is 4.98 Å². The fourth-order valence-corrected chi connectivity index (χ4v) is 2.45. The maximum Gasteiger partial charge on any atom is 0.240 e. The summed E-state index contributed by atoms with van der Waals surface area (Å²) in [6.07, 6.45) is 4.90. The summed E-state index contributed by atoms with van der Waals surface area (Å²) in [5, 5.41) is 16.4. The molecule has 0 atom stereocenters. The molecule has 0 amide bonds. The van der Waals surface area contributed by atoms with E-state index in [-0.39, 0.29) is 5.75 Å². The lowest BCUT2D eigenvalue weighted by Crippen LogP contribution is -2.25. The lowest BCUT2D eigenvalue weighted by molar-refractivity contribution is 0.357. The van der Waals surface area contributed by atoms with Crippen LogP contribution in [0.5, 0.6) is 5.75 Å². The molecule has 6 heteroatoms. The van der Waals surface area contributed by atoms with Gasteiger partial charge in [0.15, 0.2) is 11.6 Å². The SMILES string of the molecule is Oc1ccc(-c2noc(CNC3CCCC3)n2)cc1F. The van der Waals surface area contributed by atoms with Crippen LogP contribution in [0.4, 0.5) is 4.39 Å². The zero-order valence-electron chi connectivity index (χ0n) is 11.0. The molecule has 20 heavy (non-hydrogen) atoms. The fourth-order valence-electron chi connectivity index (χ4n) is 2.45. The Balaban J connectivity index is 1.67. The molecular weight excluding hydrogens is 261 g/mol. The van der Waals surface area contributed by atoms with Crippen molar-refractivity contribution in [3.8, 4) is 17.1 Å². The van der Waals surface area contributed by atoms with Gasteiger partial charge in [-0.1, -0.05) is 18.0 Å². The Bertz CT molecular complexity index is 594. The van der Waals surface area contributed by atoms with E-state index in [9.17, 15) is 4.39 Å². The smallest absolute Gasteiger partial charge is 0.240 e. The average molecular weight is 277 g/mol. The van der Waals surface area contributed by atoms with Gasteiger partial charge in [0.05, 0.1) is 6.54 Å². The number of aromatic hydroxyl groups is 1. The monoisotopic (exact) mass is 277 g/mol. The summed E-state index contributed by atoms with van der Waals surface area (Å²) in [4.78, 5) is 4.22. The molecule has 2 aromatic rings. The highest BCUT2D eigenvalue weighted by Gasteiger charge is 2.16. The molecule has 1 fully saturated rings. The lowest BCUT2D eigenvalue weighted by Gasteiger charge is -2.08. The maximum absolute atomic E-state index is 13.3. The zero-order valence-corrected chi connectivity index (χ0v) is 11.0. The highest BCUT2D eigenvalue weighted by atomic mass is 19.1. The van der Waals surface area contributed by atoms with E-state index >= 15 is 0 Å². The van der Waals surface area contributed by atoms with Gasteiger partial charge in [0, 0.05) is 11.6 Å². The van der Waals surface area contributed by atoms with E-state index in [1.807, 2.05) is 0 Å². The van der Waals surface area contributed by atoms with Gasteiger partial charge in [0.25, 0.3) is 0 Å². The summed E-state index contributed by atoms with van der Waals surface area (Å²) in [5.74, 6) is -0.272.